The highest BCUT2D eigenvalue weighted by molar-refractivity contribution is 7.99. The molecular weight excluding hydrogens is 479 g/mol. The molecule has 1 N–H and O–H groups in total. The van der Waals surface area contributed by atoms with Crippen molar-refractivity contribution in [3.63, 3.8) is 0 Å². The number of thiazole rings is 1. The number of alkyl halides is 3. The second-order valence-corrected chi connectivity index (χ2v) is 10.2. The molecule has 3 nitrogen and oxygen atoms in total. The maximum atomic E-state index is 12.8. The molecule has 0 aliphatic carbocycles. The van der Waals surface area contributed by atoms with E-state index in [4.69, 9.17) is 5.11 Å². The fourth-order valence-electron chi connectivity index (χ4n) is 3.62. The molecule has 3 aromatic carbocycles. The van der Waals surface area contributed by atoms with Gasteiger partial charge in [-0.25, -0.2) is 4.98 Å². The molecule has 0 aliphatic heterocycles. The van der Waals surface area contributed by atoms with E-state index in [0.717, 1.165) is 50.5 Å². The summed E-state index contributed by atoms with van der Waals surface area (Å²) in [5.41, 5.74) is 4.19. The summed E-state index contributed by atoms with van der Waals surface area (Å²) in [7, 11) is 0. The topological polar surface area (TPSA) is 50.2 Å². The summed E-state index contributed by atoms with van der Waals surface area (Å²) in [6.07, 6.45) is -2.81. The van der Waals surface area contributed by atoms with E-state index in [-0.39, 0.29) is 6.42 Å². The number of benzene rings is 3. The van der Waals surface area contributed by atoms with Crippen LogP contribution in [0.15, 0.2) is 65.6 Å². The average molecular weight is 502 g/mol. The van der Waals surface area contributed by atoms with Crippen LogP contribution in [0.4, 0.5) is 13.2 Å². The highest BCUT2D eigenvalue weighted by atomic mass is 32.2. The first kappa shape index (κ1) is 24.3. The molecule has 0 amide bonds. The van der Waals surface area contributed by atoms with Crippen molar-refractivity contribution in [2.24, 2.45) is 0 Å². The number of carbonyl (C=O) groups is 1. The van der Waals surface area contributed by atoms with Crippen molar-refractivity contribution in [1.29, 1.82) is 0 Å². The Labute approximate surface area is 203 Å². The lowest BCUT2D eigenvalue weighted by atomic mass is 10.0. The number of carboxylic acid groups (broad SMARTS) is 1. The third kappa shape index (κ3) is 5.98. The molecular formula is C26H22F3NO2S2. The van der Waals surface area contributed by atoms with Crippen LogP contribution in [0.1, 0.15) is 28.7 Å². The average Bonchev–Trinajstić information content (AvgIpc) is 3.21. The van der Waals surface area contributed by atoms with Crippen molar-refractivity contribution in [2.75, 3.05) is 5.75 Å². The number of halogens is 3. The Balaban J connectivity index is 1.39. The van der Waals surface area contributed by atoms with Gasteiger partial charge in [-0.3, -0.25) is 4.79 Å². The Hall–Kier alpha value is -2.84. The van der Waals surface area contributed by atoms with Crippen molar-refractivity contribution < 1.29 is 23.1 Å². The van der Waals surface area contributed by atoms with Crippen LogP contribution in [-0.2, 0) is 23.8 Å². The number of nitrogens with zero attached hydrogens (tertiary/aromatic N) is 1. The number of aliphatic carboxylic acids is 1. The summed E-state index contributed by atoms with van der Waals surface area (Å²) >= 11 is 3.23. The molecule has 176 valence electrons. The van der Waals surface area contributed by atoms with Gasteiger partial charge in [0.2, 0.25) is 0 Å². The lowest BCUT2D eigenvalue weighted by Gasteiger charge is -2.08. The molecule has 1 aromatic heterocycles. The Morgan fingerprint density at radius 3 is 2.47 bits per heavy atom. The van der Waals surface area contributed by atoms with E-state index in [1.54, 1.807) is 11.8 Å². The van der Waals surface area contributed by atoms with Gasteiger partial charge >= 0.3 is 12.1 Å². The van der Waals surface area contributed by atoms with Crippen LogP contribution in [0.2, 0.25) is 0 Å². The summed E-state index contributed by atoms with van der Waals surface area (Å²) in [4.78, 5) is 16.5. The van der Waals surface area contributed by atoms with E-state index in [2.05, 4.69) is 17.1 Å². The third-order valence-corrected chi connectivity index (χ3v) is 7.56. The largest absolute Gasteiger partial charge is 0.481 e. The fourth-order valence-corrected chi connectivity index (χ4v) is 5.65. The van der Waals surface area contributed by atoms with Crippen molar-refractivity contribution in [3.05, 3.63) is 82.9 Å². The molecule has 0 saturated carbocycles. The summed E-state index contributed by atoms with van der Waals surface area (Å²) in [6.45, 7) is 2.01. The number of rotatable bonds is 8. The monoisotopic (exact) mass is 501 g/mol. The van der Waals surface area contributed by atoms with Gasteiger partial charge in [0.25, 0.3) is 0 Å². The number of aromatic nitrogens is 1. The quantitative estimate of drug-likeness (QED) is 0.252. The minimum atomic E-state index is -4.35. The minimum absolute atomic E-state index is 0.133. The van der Waals surface area contributed by atoms with Crippen LogP contribution in [0.3, 0.4) is 0 Å². The van der Waals surface area contributed by atoms with Gasteiger partial charge in [-0.15, -0.1) is 23.1 Å². The van der Waals surface area contributed by atoms with Crippen LogP contribution in [-0.4, -0.2) is 21.8 Å². The van der Waals surface area contributed by atoms with Crippen molar-refractivity contribution in [2.45, 2.75) is 37.3 Å². The highest BCUT2D eigenvalue weighted by Gasteiger charge is 2.30. The zero-order valence-electron chi connectivity index (χ0n) is 18.4. The number of aryl methyl sites for hydroxylation is 3. The molecule has 4 aromatic rings. The van der Waals surface area contributed by atoms with Gasteiger partial charge in [0, 0.05) is 22.6 Å². The molecule has 0 bridgehead atoms. The van der Waals surface area contributed by atoms with Crippen LogP contribution >= 0.6 is 23.1 Å². The van der Waals surface area contributed by atoms with Crippen molar-refractivity contribution >= 4 is 39.3 Å². The summed E-state index contributed by atoms with van der Waals surface area (Å²) in [5.74, 6) is 0.103. The summed E-state index contributed by atoms with van der Waals surface area (Å²) in [6, 6.07) is 17.4. The van der Waals surface area contributed by atoms with Gasteiger partial charge in [-0.1, -0.05) is 24.3 Å². The Kier molecular flexibility index (Phi) is 7.28. The van der Waals surface area contributed by atoms with Gasteiger partial charge in [-0.2, -0.15) is 13.2 Å². The predicted octanol–water partition coefficient (Wildman–Crippen LogP) is 7.64. The molecule has 0 fully saturated rings. The number of fused-ring (bicyclic) bond motifs is 1. The Morgan fingerprint density at radius 2 is 1.79 bits per heavy atom. The van der Waals surface area contributed by atoms with Gasteiger partial charge in [0.05, 0.1) is 15.8 Å². The maximum absolute atomic E-state index is 12.8. The maximum Gasteiger partial charge on any atom is 0.416 e. The Morgan fingerprint density at radius 1 is 1.03 bits per heavy atom. The van der Waals surface area contributed by atoms with Gasteiger partial charge in [-0.05, 0) is 72.9 Å². The van der Waals surface area contributed by atoms with Crippen molar-refractivity contribution in [1.82, 2.24) is 4.98 Å². The standard InChI is InChI=1S/C26H22F3NO2S2/c1-16-14-21(9-5-18(16)6-11-24(31)32)33-13-12-17-2-10-22-23(15-17)34-25(30-22)19-3-7-20(8-4-19)26(27,28)29/h2-5,7-10,14-15H,6,11-13H2,1H3,(H,31,32). The summed E-state index contributed by atoms with van der Waals surface area (Å²) in [5, 5.41) is 9.56. The van der Waals surface area contributed by atoms with E-state index >= 15 is 0 Å². The first-order valence-corrected chi connectivity index (χ1v) is 12.5. The van der Waals surface area contributed by atoms with E-state index < -0.39 is 17.7 Å². The molecule has 0 saturated heterocycles. The van der Waals surface area contributed by atoms with E-state index in [9.17, 15) is 18.0 Å². The first-order valence-electron chi connectivity index (χ1n) is 10.7. The van der Waals surface area contributed by atoms with Gasteiger partial charge in [0.1, 0.15) is 5.01 Å². The minimum Gasteiger partial charge on any atom is -0.481 e. The molecule has 0 atom stereocenters. The van der Waals surface area contributed by atoms with Crippen LogP contribution in [0, 0.1) is 6.92 Å². The van der Waals surface area contributed by atoms with Crippen LogP contribution < -0.4 is 0 Å². The predicted molar refractivity (Wildman–Crippen MR) is 132 cm³/mol. The molecule has 34 heavy (non-hydrogen) atoms. The smallest absolute Gasteiger partial charge is 0.416 e. The normalized spacial score (nSPS) is 11.8. The van der Waals surface area contributed by atoms with Crippen LogP contribution in [0.5, 0.6) is 0 Å². The number of carboxylic acids is 1. The highest BCUT2D eigenvalue weighted by Crippen LogP contribution is 2.34. The lowest BCUT2D eigenvalue weighted by Crippen LogP contribution is -2.03. The second-order valence-electron chi connectivity index (χ2n) is 7.98. The molecule has 8 heteroatoms. The van der Waals surface area contributed by atoms with Crippen molar-refractivity contribution in [3.8, 4) is 10.6 Å². The summed E-state index contributed by atoms with van der Waals surface area (Å²) < 4.78 is 39.4. The van der Waals surface area contributed by atoms with E-state index in [0.29, 0.717) is 17.0 Å². The van der Waals surface area contributed by atoms with Crippen LogP contribution in [0.25, 0.3) is 20.8 Å². The molecule has 1 heterocycles. The molecule has 0 unspecified atom stereocenters. The second kappa shape index (κ2) is 10.2. The molecule has 4 rings (SSSR count). The van der Waals surface area contributed by atoms with Gasteiger partial charge in [0.15, 0.2) is 0 Å². The third-order valence-electron chi connectivity index (χ3n) is 5.49. The lowest BCUT2D eigenvalue weighted by molar-refractivity contribution is -0.138. The fraction of sp³-hybridized carbons (Fsp3) is 0.231. The first-order chi connectivity index (χ1) is 16.2. The number of thioether (sulfide) groups is 1. The van der Waals surface area contributed by atoms with E-state index in [1.165, 1.54) is 29.0 Å². The number of hydrogen-bond donors (Lipinski definition) is 1. The molecule has 0 aliphatic rings. The van der Waals surface area contributed by atoms with E-state index in [1.807, 2.05) is 31.2 Å². The SMILES string of the molecule is Cc1cc(SCCc2ccc3nc(-c4ccc(C(F)(F)F)cc4)sc3c2)ccc1CCC(=O)O. The zero-order chi connectivity index (χ0) is 24.3. The molecule has 0 radical (unpaired) electrons. The van der Waals surface area contributed by atoms with Gasteiger partial charge < -0.3 is 5.11 Å². The Bertz CT molecular complexity index is 1310. The number of hydrogen-bond acceptors (Lipinski definition) is 4. The zero-order valence-corrected chi connectivity index (χ0v) is 20.0. The molecule has 0 spiro atoms.